The number of nitrogens with one attached hydrogen (secondary N) is 2. The largest absolute Gasteiger partial charge is 0.444 e. The van der Waals surface area contributed by atoms with Gasteiger partial charge in [-0.25, -0.2) is 23.5 Å². The van der Waals surface area contributed by atoms with Crippen LogP contribution in [0.25, 0.3) is 16.6 Å². The number of fused-ring (bicyclic) bond motifs is 1. The molecular formula is C36H45F2N7O4. The lowest BCUT2D eigenvalue weighted by atomic mass is 10.00. The number of aromatic amines is 1. The molecule has 0 saturated carbocycles. The third kappa shape index (κ3) is 7.76. The average Bonchev–Trinajstić information content (AvgIpc) is 3.50. The molecule has 1 aliphatic heterocycles. The number of aryl methyl sites for hydroxylation is 1. The van der Waals surface area contributed by atoms with E-state index >= 15 is 0 Å². The average molecular weight is 678 g/mol. The van der Waals surface area contributed by atoms with Crippen LogP contribution in [0.1, 0.15) is 93.3 Å². The lowest BCUT2D eigenvalue weighted by Gasteiger charge is -2.36. The van der Waals surface area contributed by atoms with Gasteiger partial charge in [-0.15, -0.1) is 0 Å². The summed E-state index contributed by atoms with van der Waals surface area (Å²) in [6.07, 6.45) is 3.35. The van der Waals surface area contributed by atoms with Crippen LogP contribution in [0.15, 0.2) is 47.7 Å². The Bertz CT molecular complexity index is 1890. The molecule has 5 rings (SSSR count). The lowest BCUT2D eigenvalue weighted by molar-refractivity contribution is -0.00955. The molecule has 0 bridgehead atoms. The maximum Gasteiger partial charge on any atom is 0.410 e. The van der Waals surface area contributed by atoms with Gasteiger partial charge in [0.2, 0.25) is 0 Å². The van der Waals surface area contributed by atoms with Crippen LogP contribution < -0.4 is 15.8 Å². The van der Waals surface area contributed by atoms with E-state index in [-0.39, 0.29) is 29.8 Å². The van der Waals surface area contributed by atoms with Crippen molar-refractivity contribution >= 4 is 23.3 Å². The SMILES string of the molecule is CCC(C)c1ncn2c(C(=O)NCc3c(C(F)(F)CC)cc(C)[nH]c3=O)cc(-c3ccc(N4CCN(C(=O)OC(C)(C)C)CC4)nc3)cc12. The Morgan fingerprint density at radius 2 is 1.76 bits per heavy atom. The van der Waals surface area contributed by atoms with E-state index in [2.05, 4.69) is 34.0 Å². The normalized spacial score (nSPS) is 14.6. The van der Waals surface area contributed by atoms with E-state index in [9.17, 15) is 23.2 Å². The smallest absolute Gasteiger partial charge is 0.410 e. The van der Waals surface area contributed by atoms with Crippen LogP contribution in [0.2, 0.25) is 0 Å². The number of hydrogen-bond acceptors (Lipinski definition) is 7. The van der Waals surface area contributed by atoms with E-state index < -0.39 is 35.0 Å². The number of aromatic nitrogens is 4. The first-order valence-corrected chi connectivity index (χ1v) is 16.7. The monoisotopic (exact) mass is 677 g/mol. The van der Waals surface area contributed by atoms with E-state index in [1.54, 1.807) is 34.8 Å². The van der Waals surface area contributed by atoms with Crippen molar-refractivity contribution in [1.82, 2.24) is 29.6 Å². The molecule has 13 heteroatoms. The molecule has 0 aromatic carbocycles. The Labute approximate surface area is 284 Å². The van der Waals surface area contributed by atoms with Crippen LogP contribution in [-0.4, -0.2) is 68.0 Å². The number of carbonyl (C=O) groups excluding carboxylic acids is 2. The summed E-state index contributed by atoms with van der Waals surface area (Å²) in [6, 6.07) is 8.78. The Morgan fingerprint density at radius 1 is 1.04 bits per heavy atom. The highest BCUT2D eigenvalue weighted by Crippen LogP contribution is 2.33. The second-order valence-corrected chi connectivity index (χ2v) is 13.6. The van der Waals surface area contributed by atoms with Crippen molar-refractivity contribution in [3.63, 3.8) is 0 Å². The van der Waals surface area contributed by atoms with Gasteiger partial charge < -0.3 is 24.8 Å². The predicted molar refractivity (Wildman–Crippen MR) is 184 cm³/mol. The maximum absolute atomic E-state index is 14.9. The molecule has 0 spiro atoms. The minimum absolute atomic E-state index is 0.112. The summed E-state index contributed by atoms with van der Waals surface area (Å²) in [6.45, 7) is 14.4. The van der Waals surface area contributed by atoms with E-state index in [0.717, 1.165) is 34.6 Å². The molecule has 0 aliphatic carbocycles. The van der Waals surface area contributed by atoms with E-state index in [1.165, 1.54) is 13.0 Å². The summed E-state index contributed by atoms with van der Waals surface area (Å²) in [4.78, 5) is 54.8. The van der Waals surface area contributed by atoms with Crippen LogP contribution in [-0.2, 0) is 17.2 Å². The summed E-state index contributed by atoms with van der Waals surface area (Å²) >= 11 is 0. The fraction of sp³-hybridized carbons (Fsp3) is 0.472. The first kappa shape index (κ1) is 35.5. The molecule has 1 atom stereocenters. The second-order valence-electron chi connectivity index (χ2n) is 13.6. The zero-order valence-corrected chi connectivity index (χ0v) is 29.2. The third-order valence-corrected chi connectivity index (χ3v) is 8.86. The Balaban J connectivity index is 1.42. The fourth-order valence-electron chi connectivity index (χ4n) is 5.88. The van der Waals surface area contributed by atoms with Gasteiger partial charge >= 0.3 is 6.09 Å². The summed E-state index contributed by atoms with van der Waals surface area (Å²) in [5.74, 6) is -2.90. The third-order valence-electron chi connectivity index (χ3n) is 8.86. The van der Waals surface area contributed by atoms with Crippen molar-refractivity contribution in [1.29, 1.82) is 0 Å². The van der Waals surface area contributed by atoms with Crippen LogP contribution in [0.5, 0.6) is 0 Å². The van der Waals surface area contributed by atoms with Crippen molar-refractivity contribution in [3.8, 4) is 11.1 Å². The minimum Gasteiger partial charge on any atom is -0.444 e. The number of H-pyrrole nitrogens is 1. The van der Waals surface area contributed by atoms with Crippen LogP contribution in [0.4, 0.5) is 19.4 Å². The first-order valence-electron chi connectivity index (χ1n) is 16.7. The van der Waals surface area contributed by atoms with Gasteiger partial charge in [-0.05, 0) is 70.0 Å². The highest BCUT2D eigenvalue weighted by Gasteiger charge is 2.33. The number of imidazole rings is 1. The number of anilines is 1. The van der Waals surface area contributed by atoms with Gasteiger partial charge in [-0.2, -0.15) is 0 Å². The van der Waals surface area contributed by atoms with Gasteiger partial charge in [0.25, 0.3) is 17.4 Å². The van der Waals surface area contributed by atoms with Crippen LogP contribution >= 0.6 is 0 Å². The van der Waals surface area contributed by atoms with Crippen molar-refractivity contribution in [3.05, 3.63) is 81.4 Å². The first-order chi connectivity index (χ1) is 23.1. The topological polar surface area (TPSA) is 125 Å². The summed E-state index contributed by atoms with van der Waals surface area (Å²) in [5, 5.41) is 2.71. The minimum atomic E-state index is -3.23. The zero-order valence-electron chi connectivity index (χ0n) is 29.2. The maximum atomic E-state index is 14.9. The molecular weight excluding hydrogens is 632 g/mol. The molecule has 1 saturated heterocycles. The van der Waals surface area contributed by atoms with Crippen molar-refractivity contribution in [2.45, 2.75) is 85.3 Å². The second kappa shape index (κ2) is 14.0. The molecule has 1 unspecified atom stereocenters. The zero-order chi connectivity index (χ0) is 35.7. The van der Waals surface area contributed by atoms with Crippen molar-refractivity contribution in [2.75, 3.05) is 31.1 Å². The number of alkyl halides is 2. The van der Waals surface area contributed by atoms with Gasteiger partial charge in [0, 0.05) is 73.6 Å². The van der Waals surface area contributed by atoms with Gasteiger partial charge in [-0.3, -0.25) is 14.0 Å². The Hall–Kier alpha value is -4.81. The quantitative estimate of drug-likeness (QED) is 0.210. The molecule has 11 nitrogen and oxygen atoms in total. The number of nitrogens with zero attached hydrogens (tertiary/aromatic N) is 5. The van der Waals surface area contributed by atoms with Gasteiger partial charge in [-0.1, -0.05) is 20.8 Å². The number of pyridine rings is 3. The molecule has 0 radical (unpaired) electrons. The van der Waals surface area contributed by atoms with E-state index in [4.69, 9.17) is 9.72 Å². The molecule has 1 fully saturated rings. The highest BCUT2D eigenvalue weighted by atomic mass is 19.3. The fourth-order valence-corrected chi connectivity index (χ4v) is 5.88. The molecule has 2 N–H and O–H groups in total. The molecule has 5 heterocycles. The lowest BCUT2D eigenvalue weighted by Crippen LogP contribution is -2.50. The number of rotatable bonds is 9. The summed E-state index contributed by atoms with van der Waals surface area (Å²) < 4.78 is 36.9. The highest BCUT2D eigenvalue weighted by molar-refractivity contribution is 5.95. The number of halogens is 2. The van der Waals surface area contributed by atoms with Crippen LogP contribution in [0.3, 0.4) is 0 Å². The molecule has 4 aromatic rings. The van der Waals surface area contributed by atoms with E-state index in [1.807, 2.05) is 39.0 Å². The summed E-state index contributed by atoms with van der Waals surface area (Å²) in [7, 11) is 0. The van der Waals surface area contributed by atoms with Gasteiger partial charge in [0.05, 0.1) is 11.2 Å². The molecule has 2 amide bonds. The van der Waals surface area contributed by atoms with Gasteiger partial charge in [0.15, 0.2) is 0 Å². The predicted octanol–water partition coefficient (Wildman–Crippen LogP) is 6.40. The van der Waals surface area contributed by atoms with E-state index in [0.29, 0.717) is 31.9 Å². The van der Waals surface area contributed by atoms with Crippen molar-refractivity contribution in [2.24, 2.45) is 0 Å². The van der Waals surface area contributed by atoms with Crippen LogP contribution in [0, 0.1) is 6.92 Å². The number of ether oxygens (including phenoxy) is 1. The molecule has 1 aliphatic rings. The van der Waals surface area contributed by atoms with Gasteiger partial charge in [0.1, 0.15) is 23.4 Å². The number of carbonyl (C=O) groups is 2. The number of hydrogen-bond donors (Lipinski definition) is 2. The summed E-state index contributed by atoms with van der Waals surface area (Å²) in [5.41, 5.74) is 1.81. The van der Waals surface area contributed by atoms with Crippen molar-refractivity contribution < 1.29 is 23.1 Å². The standard InChI is InChI=1S/C36H45F2N7O4/c1-8-22(3)31-28-17-25(24-10-11-30(39-19-24)43-12-14-44(15-13-43)34(48)49-35(5,6)7)18-29(45(28)21-41-31)33(47)40-20-26-27(36(37,38)9-2)16-23(4)42-32(26)46/h10-11,16-19,21-22H,8-9,12-15,20H2,1-7H3,(H,40,47)(H,42,46). The Morgan fingerprint density at radius 3 is 2.37 bits per heavy atom. The molecule has 4 aromatic heterocycles. The Kier molecular flexibility index (Phi) is 10.1. The molecule has 262 valence electrons. The number of piperazine rings is 1. The number of amides is 2. The molecule has 49 heavy (non-hydrogen) atoms.